The maximum absolute atomic E-state index is 9.75. The molecule has 14 heavy (non-hydrogen) atoms. The highest BCUT2D eigenvalue weighted by molar-refractivity contribution is 6.50. The zero-order valence-corrected chi connectivity index (χ0v) is 8.64. The largest absolute Gasteiger partial charge is 0.673 e. The van der Waals surface area contributed by atoms with Gasteiger partial charge in [0.1, 0.15) is 0 Å². The number of hydrogen-bond acceptors (Lipinski definition) is 2. The Hall–Kier alpha value is -0.335. The fourth-order valence-corrected chi connectivity index (χ4v) is 0.539. The van der Waals surface area contributed by atoms with Crippen molar-refractivity contribution in [3.05, 3.63) is 0 Å². The van der Waals surface area contributed by atoms with E-state index >= 15 is 0 Å². The van der Waals surface area contributed by atoms with Crippen LogP contribution in [0.4, 0.5) is 17.3 Å². The van der Waals surface area contributed by atoms with Gasteiger partial charge in [-0.2, -0.15) is 0 Å². The minimum atomic E-state index is -6.00. The van der Waals surface area contributed by atoms with E-state index in [1.54, 1.807) is 14.2 Å². The maximum Gasteiger partial charge on any atom is 0.673 e. The summed E-state index contributed by atoms with van der Waals surface area (Å²) in [5.74, 6) is 0. The highest BCUT2D eigenvalue weighted by Gasteiger charge is 2.20. The van der Waals surface area contributed by atoms with Crippen molar-refractivity contribution in [2.75, 3.05) is 14.2 Å². The van der Waals surface area contributed by atoms with Gasteiger partial charge in [-0.1, -0.05) is 0 Å². The summed E-state index contributed by atoms with van der Waals surface area (Å²) in [5, 5.41) is 2.00. The van der Waals surface area contributed by atoms with Crippen LogP contribution in [-0.4, -0.2) is 33.9 Å². The normalized spacial score (nSPS) is 15.4. The van der Waals surface area contributed by atoms with E-state index in [0.29, 0.717) is 0 Å². The Bertz CT molecular complexity index is 121. The zero-order valence-electron chi connectivity index (χ0n) is 8.64. The van der Waals surface area contributed by atoms with Gasteiger partial charge in [0, 0.05) is 28.1 Å². The van der Waals surface area contributed by atoms with Crippen molar-refractivity contribution in [1.82, 2.24) is 0 Å². The van der Waals surface area contributed by atoms with Gasteiger partial charge in [-0.05, 0) is 0 Å². The maximum atomic E-state index is 9.75. The highest BCUT2D eigenvalue weighted by atomic mass is 19.5. The summed E-state index contributed by atoms with van der Waals surface area (Å²) >= 11 is 0. The third-order valence-electron chi connectivity index (χ3n) is 1.29. The van der Waals surface area contributed by atoms with Crippen molar-refractivity contribution in [1.29, 1.82) is 0 Å². The quantitative estimate of drug-likeness (QED) is 0.433. The molecule has 8 heteroatoms. The zero-order chi connectivity index (χ0) is 11.8. The Labute approximate surface area is 80.9 Å². The van der Waals surface area contributed by atoms with E-state index in [0.717, 1.165) is 0 Å². The van der Waals surface area contributed by atoms with Crippen molar-refractivity contribution >= 4 is 7.25 Å². The highest BCUT2D eigenvalue weighted by Crippen LogP contribution is 2.06. The molecule has 0 rings (SSSR count). The van der Waals surface area contributed by atoms with Gasteiger partial charge in [-0.15, -0.1) is 0 Å². The molecule has 0 spiro atoms. The topological polar surface area (TPSA) is 35.1 Å². The van der Waals surface area contributed by atoms with Crippen LogP contribution in [0.5, 0.6) is 0 Å². The van der Waals surface area contributed by atoms with Gasteiger partial charge in [-0.25, -0.2) is 0 Å². The van der Waals surface area contributed by atoms with Crippen molar-refractivity contribution in [2.45, 2.75) is 26.3 Å². The summed E-state index contributed by atoms with van der Waals surface area (Å²) in [7, 11) is -2.63. The Balaban J connectivity index is 0. The summed E-state index contributed by atoms with van der Waals surface area (Å²) in [5.41, 5.74) is 0. The number of ether oxygens (including phenoxy) is 2. The second kappa shape index (κ2) is 8.01. The molecule has 0 saturated heterocycles. The van der Waals surface area contributed by atoms with Crippen molar-refractivity contribution < 1.29 is 32.1 Å². The summed E-state index contributed by atoms with van der Waals surface area (Å²) in [4.78, 5) is 0. The molecule has 3 nitrogen and oxygen atoms in total. The lowest BCUT2D eigenvalue weighted by molar-refractivity contribution is -0.777. The molecule has 0 heterocycles. The van der Waals surface area contributed by atoms with Crippen molar-refractivity contribution in [3.8, 4) is 0 Å². The predicted octanol–water partition coefficient (Wildman–Crippen LogP) is 0.835. The van der Waals surface area contributed by atoms with E-state index in [1.807, 2.05) is 19.2 Å². The molecule has 0 fully saturated rings. The second-order valence-electron chi connectivity index (χ2n) is 2.57. The third kappa shape index (κ3) is 22.6. The Morgan fingerprint density at radius 3 is 1.29 bits per heavy atom. The molecule has 0 saturated carbocycles. The van der Waals surface area contributed by atoms with E-state index in [2.05, 4.69) is 0 Å². The first kappa shape index (κ1) is 16.1. The number of methoxy groups -OCH3 is 2. The van der Waals surface area contributed by atoms with Crippen LogP contribution < -0.4 is 5.32 Å². The van der Waals surface area contributed by atoms with Crippen LogP contribution in [0.25, 0.3) is 0 Å². The van der Waals surface area contributed by atoms with Crippen LogP contribution in [0, 0.1) is 0 Å². The standard InChI is InChI=1S/C6H15NO2.BF4/c1-5(8-3)7-6(2)9-4;2-1(3,4)5/h5-7H,1-4H3;/q;-1/p+1. The molecular formula is C6H16BF4NO2. The molecule has 0 aromatic carbocycles. The molecular weight excluding hydrogens is 205 g/mol. The lowest BCUT2D eigenvalue weighted by Gasteiger charge is -2.12. The van der Waals surface area contributed by atoms with E-state index in [1.165, 1.54) is 0 Å². The lowest BCUT2D eigenvalue weighted by Crippen LogP contribution is -2.94. The van der Waals surface area contributed by atoms with E-state index in [4.69, 9.17) is 9.47 Å². The number of rotatable bonds is 4. The van der Waals surface area contributed by atoms with Gasteiger partial charge < -0.3 is 26.7 Å². The fourth-order valence-electron chi connectivity index (χ4n) is 0.539. The molecule has 0 bridgehead atoms. The summed E-state index contributed by atoms with van der Waals surface area (Å²) in [6.45, 7) is 3.96. The van der Waals surface area contributed by atoms with Gasteiger partial charge in [0.15, 0.2) is 12.5 Å². The SMILES string of the molecule is COC(C)[NH2+]C(C)OC.F[B-](F)(F)F. The molecule has 88 valence electrons. The second-order valence-corrected chi connectivity index (χ2v) is 2.57. The average molecular weight is 221 g/mol. The van der Waals surface area contributed by atoms with Crippen molar-refractivity contribution in [2.24, 2.45) is 0 Å². The lowest BCUT2D eigenvalue weighted by atomic mass is 10.3. The van der Waals surface area contributed by atoms with Gasteiger partial charge in [-0.3, -0.25) is 5.32 Å². The summed E-state index contributed by atoms with van der Waals surface area (Å²) < 4.78 is 49.0. The molecule has 2 unspecified atom stereocenters. The Kier molecular flexibility index (Phi) is 9.22. The first-order valence-electron chi connectivity index (χ1n) is 3.98. The molecule has 0 radical (unpaired) electrons. The van der Waals surface area contributed by atoms with Gasteiger partial charge in [0.2, 0.25) is 0 Å². The number of nitrogens with two attached hydrogens (primary N) is 1. The molecule has 2 atom stereocenters. The van der Waals surface area contributed by atoms with E-state index in [9.17, 15) is 17.3 Å². The van der Waals surface area contributed by atoms with Crippen LogP contribution >= 0.6 is 0 Å². The van der Waals surface area contributed by atoms with Gasteiger partial charge in [0.05, 0.1) is 0 Å². The van der Waals surface area contributed by atoms with Gasteiger partial charge in [0.25, 0.3) is 0 Å². The molecule has 0 aromatic rings. The third-order valence-corrected chi connectivity index (χ3v) is 1.29. The van der Waals surface area contributed by atoms with Gasteiger partial charge >= 0.3 is 7.25 Å². The minimum absolute atomic E-state index is 0.181. The van der Waals surface area contributed by atoms with Crippen LogP contribution in [0.15, 0.2) is 0 Å². The van der Waals surface area contributed by atoms with Crippen LogP contribution in [0.1, 0.15) is 13.8 Å². The monoisotopic (exact) mass is 221 g/mol. The summed E-state index contributed by atoms with van der Waals surface area (Å²) in [6, 6.07) is 0. The van der Waals surface area contributed by atoms with Crippen LogP contribution in [0.3, 0.4) is 0 Å². The number of halogens is 4. The smallest absolute Gasteiger partial charge is 0.418 e. The van der Waals surface area contributed by atoms with Crippen LogP contribution in [0.2, 0.25) is 0 Å². The Morgan fingerprint density at radius 2 is 1.14 bits per heavy atom. The predicted molar refractivity (Wildman–Crippen MR) is 45.1 cm³/mol. The van der Waals surface area contributed by atoms with Crippen molar-refractivity contribution in [3.63, 3.8) is 0 Å². The first-order valence-corrected chi connectivity index (χ1v) is 3.98. The van der Waals surface area contributed by atoms with E-state index < -0.39 is 7.25 Å². The molecule has 0 aliphatic carbocycles. The molecule has 2 N–H and O–H groups in total. The minimum Gasteiger partial charge on any atom is -0.418 e. The number of quaternary nitrogens is 1. The van der Waals surface area contributed by atoms with Crippen LogP contribution in [-0.2, 0) is 9.47 Å². The molecule has 0 aliphatic rings. The fraction of sp³-hybridized carbons (Fsp3) is 1.00. The molecule has 0 aliphatic heterocycles. The average Bonchev–Trinajstić information content (AvgIpc) is 2.01. The number of hydrogen-bond donors (Lipinski definition) is 1. The first-order chi connectivity index (χ1) is 6.20. The Morgan fingerprint density at radius 1 is 0.929 bits per heavy atom. The molecule has 0 amide bonds. The van der Waals surface area contributed by atoms with E-state index in [-0.39, 0.29) is 12.5 Å². The summed E-state index contributed by atoms with van der Waals surface area (Å²) in [6.07, 6.45) is 0.361. The molecule has 0 aromatic heterocycles.